The van der Waals surface area contributed by atoms with Crippen molar-refractivity contribution in [2.75, 3.05) is 0 Å². The van der Waals surface area contributed by atoms with Crippen LogP contribution < -0.4 is 0 Å². The van der Waals surface area contributed by atoms with E-state index < -0.39 is 0 Å². The predicted molar refractivity (Wildman–Crippen MR) is 120 cm³/mol. The van der Waals surface area contributed by atoms with Crippen molar-refractivity contribution in [3.05, 3.63) is 102 Å². The summed E-state index contributed by atoms with van der Waals surface area (Å²) in [7, 11) is 0. The van der Waals surface area contributed by atoms with E-state index in [0.717, 1.165) is 27.8 Å². The summed E-state index contributed by atoms with van der Waals surface area (Å²) >= 11 is 0. The number of phenolic OH excluding ortho intramolecular Hbond substituents is 2. The summed E-state index contributed by atoms with van der Waals surface area (Å²) in [6, 6.07) is 25.8. The smallest absolute Gasteiger partial charge is 0.224 e. The molecule has 0 saturated carbocycles. The van der Waals surface area contributed by atoms with Crippen LogP contribution in [0.4, 0.5) is 0 Å². The molecule has 0 amide bonds. The molecule has 152 valence electrons. The fourth-order valence-electron chi connectivity index (χ4n) is 3.77. The van der Waals surface area contributed by atoms with E-state index in [1.807, 2.05) is 36.5 Å². The number of phenols is 2. The zero-order valence-corrected chi connectivity index (χ0v) is 16.6. The molecule has 0 aliphatic rings. The third-order valence-corrected chi connectivity index (χ3v) is 5.35. The maximum absolute atomic E-state index is 11.0. The minimum atomic E-state index is 0.0376. The number of rotatable bonds is 4. The van der Waals surface area contributed by atoms with Crippen LogP contribution in [-0.4, -0.2) is 24.7 Å². The van der Waals surface area contributed by atoms with Crippen molar-refractivity contribution in [2.24, 2.45) is 0 Å². The molecule has 5 nitrogen and oxygen atoms in total. The van der Waals surface area contributed by atoms with Gasteiger partial charge in [0, 0.05) is 23.7 Å². The minimum Gasteiger partial charge on any atom is -0.508 e. The van der Waals surface area contributed by atoms with Gasteiger partial charge in [0.15, 0.2) is 0 Å². The second-order valence-corrected chi connectivity index (χ2v) is 7.49. The van der Waals surface area contributed by atoms with Crippen LogP contribution in [0, 0.1) is 0 Å². The number of hydrogen-bond donors (Lipinski definition) is 3. The van der Waals surface area contributed by atoms with E-state index in [2.05, 4.69) is 18.2 Å². The van der Waals surface area contributed by atoms with Crippen LogP contribution in [0.3, 0.4) is 0 Å². The largest absolute Gasteiger partial charge is 0.508 e. The third kappa shape index (κ3) is 3.57. The van der Waals surface area contributed by atoms with E-state index in [1.165, 1.54) is 0 Å². The van der Waals surface area contributed by atoms with Crippen LogP contribution >= 0.6 is 0 Å². The average molecular weight is 408 g/mol. The Morgan fingerprint density at radius 2 is 1.29 bits per heavy atom. The van der Waals surface area contributed by atoms with Gasteiger partial charge >= 0.3 is 0 Å². The highest BCUT2D eigenvalue weighted by atomic mass is 16.3. The number of nitrogens with zero attached hydrogens (tertiary/aromatic N) is 2. The summed E-state index contributed by atoms with van der Waals surface area (Å²) in [6.45, 7) is 0. The van der Waals surface area contributed by atoms with Crippen molar-refractivity contribution >= 4 is 5.65 Å². The minimum absolute atomic E-state index is 0.0376. The van der Waals surface area contributed by atoms with E-state index in [9.17, 15) is 15.3 Å². The Labute approximate surface area is 179 Å². The zero-order chi connectivity index (χ0) is 21.4. The first kappa shape index (κ1) is 18.8. The summed E-state index contributed by atoms with van der Waals surface area (Å²) in [4.78, 5) is 4.75. The lowest BCUT2D eigenvalue weighted by molar-refractivity contribution is 0.450. The van der Waals surface area contributed by atoms with Gasteiger partial charge in [0.1, 0.15) is 22.8 Å². The molecule has 0 fully saturated rings. The highest BCUT2D eigenvalue weighted by molar-refractivity contribution is 5.74. The van der Waals surface area contributed by atoms with Gasteiger partial charge in [-0.25, -0.2) is 4.98 Å². The van der Waals surface area contributed by atoms with Gasteiger partial charge in [-0.05, 0) is 59.2 Å². The molecule has 0 saturated heterocycles. The van der Waals surface area contributed by atoms with Crippen LogP contribution in [0.2, 0.25) is 0 Å². The number of pyridine rings is 1. The van der Waals surface area contributed by atoms with Gasteiger partial charge in [-0.15, -0.1) is 0 Å². The van der Waals surface area contributed by atoms with Crippen molar-refractivity contribution < 1.29 is 15.3 Å². The fraction of sp³-hybridized carbons (Fsp3) is 0.0385. The first-order valence-electron chi connectivity index (χ1n) is 9.95. The van der Waals surface area contributed by atoms with E-state index in [0.29, 0.717) is 17.8 Å². The van der Waals surface area contributed by atoms with Gasteiger partial charge in [0.25, 0.3) is 0 Å². The quantitative estimate of drug-likeness (QED) is 0.373. The number of fused-ring (bicyclic) bond motifs is 1. The van der Waals surface area contributed by atoms with Crippen molar-refractivity contribution in [2.45, 2.75) is 6.42 Å². The molecular weight excluding hydrogens is 388 g/mol. The molecule has 2 heterocycles. The van der Waals surface area contributed by atoms with Gasteiger partial charge in [-0.2, -0.15) is 0 Å². The molecule has 5 aromatic rings. The molecule has 3 N–H and O–H groups in total. The Morgan fingerprint density at radius 1 is 0.677 bits per heavy atom. The highest BCUT2D eigenvalue weighted by Crippen LogP contribution is 2.34. The molecule has 3 aromatic carbocycles. The molecule has 5 heteroatoms. The molecule has 0 aliphatic carbocycles. The number of aromatic nitrogens is 2. The Bertz CT molecular complexity index is 1360. The van der Waals surface area contributed by atoms with E-state index >= 15 is 0 Å². The van der Waals surface area contributed by atoms with Crippen LogP contribution in [0.1, 0.15) is 11.1 Å². The van der Waals surface area contributed by atoms with Gasteiger partial charge in [0.05, 0.1) is 0 Å². The number of aromatic hydroxyl groups is 3. The van der Waals surface area contributed by atoms with Crippen LogP contribution in [0.25, 0.3) is 28.0 Å². The Balaban J connectivity index is 1.71. The maximum atomic E-state index is 11.0. The molecule has 2 aromatic heterocycles. The standard InChI is InChI=1S/C26H20N2O3/c29-22-10-6-18(7-11-22)21-15-20(14-17-4-2-1-3-5-17)25-27-24(26(31)28(25)16-21)19-8-12-23(30)13-9-19/h1-13,15-16,29-31H,14H2. The van der Waals surface area contributed by atoms with Crippen LogP contribution in [0.15, 0.2) is 91.1 Å². The van der Waals surface area contributed by atoms with Crippen molar-refractivity contribution in [3.63, 3.8) is 0 Å². The Morgan fingerprint density at radius 3 is 1.94 bits per heavy atom. The molecule has 31 heavy (non-hydrogen) atoms. The molecule has 5 rings (SSSR count). The topological polar surface area (TPSA) is 78.0 Å². The molecular formula is C26H20N2O3. The van der Waals surface area contributed by atoms with Crippen molar-refractivity contribution in [1.29, 1.82) is 0 Å². The van der Waals surface area contributed by atoms with E-state index in [4.69, 9.17) is 4.98 Å². The van der Waals surface area contributed by atoms with E-state index in [1.54, 1.807) is 40.8 Å². The lowest BCUT2D eigenvalue weighted by Crippen LogP contribution is -1.96. The van der Waals surface area contributed by atoms with Gasteiger partial charge in [-0.3, -0.25) is 4.40 Å². The molecule has 0 spiro atoms. The fourth-order valence-corrected chi connectivity index (χ4v) is 3.77. The molecule has 0 bridgehead atoms. The number of hydrogen-bond acceptors (Lipinski definition) is 4. The van der Waals surface area contributed by atoms with Gasteiger partial charge < -0.3 is 15.3 Å². The molecule has 0 unspecified atom stereocenters. The van der Waals surface area contributed by atoms with Gasteiger partial charge in [0.2, 0.25) is 5.88 Å². The molecule has 0 radical (unpaired) electrons. The van der Waals surface area contributed by atoms with Gasteiger partial charge in [-0.1, -0.05) is 42.5 Å². The summed E-state index contributed by atoms with van der Waals surface area (Å²) < 4.78 is 1.70. The number of imidazole rings is 1. The molecule has 0 atom stereocenters. The Kier molecular flexibility index (Phi) is 4.56. The second-order valence-electron chi connectivity index (χ2n) is 7.49. The first-order chi connectivity index (χ1) is 15.1. The predicted octanol–water partition coefficient (Wildman–Crippen LogP) is 5.38. The summed E-state index contributed by atoms with van der Waals surface area (Å²) in [5.41, 5.74) is 5.79. The van der Waals surface area contributed by atoms with Crippen LogP contribution in [-0.2, 0) is 6.42 Å². The summed E-state index contributed by atoms with van der Waals surface area (Å²) in [5.74, 6) is 0.399. The summed E-state index contributed by atoms with van der Waals surface area (Å²) in [6.07, 6.45) is 2.50. The monoisotopic (exact) mass is 408 g/mol. The van der Waals surface area contributed by atoms with Crippen LogP contribution in [0.5, 0.6) is 17.4 Å². The lowest BCUT2D eigenvalue weighted by atomic mass is 10.0. The van der Waals surface area contributed by atoms with Crippen molar-refractivity contribution in [3.8, 4) is 39.8 Å². The van der Waals surface area contributed by atoms with E-state index in [-0.39, 0.29) is 17.4 Å². The highest BCUT2D eigenvalue weighted by Gasteiger charge is 2.18. The molecule has 0 aliphatic heterocycles. The van der Waals surface area contributed by atoms with Crippen molar-refractivity contribution in [1.82, 2.24) is 9.38 Å². The SMILES string of the molecule is Oc1ccc(-c2cc(Cc3ccccc3)c3nc(-c4ccc(O)cc4)c(O)n3c2)cc1. The second kappa shape index (κ2) is 7.54. The normalized spacial score (nSPS) is 11.1. The first-order valence-corrected chi connectivity index (χ1v) is 9.95. The number of benzene rings is 3. The average Bonchev–Trinajstić information content (AvgIpc) is 3.12. The maximum Gasteiger partial charge on any atom is 0.224 e. The zero-order valence-electron chi connectivity index (χ0n) is 16.6. The lowest BCUT2D eigenvalue weighted by Gasteiger charge is -2.09. The Hall–Kier alpha value is -4.25. The third-order valence-electron chi connectivity index (χ3n) is 5.35. The summed E-state index contributed by atoms with van der Waals surface area (Å²) in [5, 5.41) is 30.3.